The van der Waals surface area contributed by atoms with Crippen LogP contribution in [0.1, 0.15) is 33.6 Å². The van der Waals surface area contributed by atoms with Crippen LogP contribution in [0.3, 0.4) is 0 Å². The molecule has 2 heteroatoms. The predicted molar refractivity (Wildman–Crippen MR) is 60.1 cm³/mol. The molecule has 4 unspecified atom stereocenters. The van der Waals surface area contributed by atoms with Crippen molar-refractivity contribution in [2.24, 2.45) is 5.92 Å². The van der Waals surface area contributed by atoms with Crippen molar-refractivity contribution in [2.75, 3.05) is 6.54 Å². The van der Waals surface area contributed by atoms with Crippen molar-refractivity contribution < 1.29 is 0 Å². The standard InChI is InChI=1S/C12H22N2/c1-4-12-13-10-7-6-9(3)8-11(10)14(12)5-2/h6-7,9-13H,4-5,8H2,1-3H3. The number of nitrogens with zero attached hydrogens (tertiary/aromatic N) is 1. The van der Waals surface area contributed by atoms with Gasteiger partial charge in [-0.15, -0.1) is 0 Å². The summed E-state index contributed by atoms with van der Waals surface area (Å²) in [6, 6.07) is 1.35. The van der Waals surface area contributed by atoms with E-state index in [0.717, 1.165) is 12.0 Å². The van der Waals surface area contributed by atoms with Gasteiger partial charge < -0.3 is 0 Å². The van der Waals surface area contributed by atoms with E-state index in [9.17, 15) is 0 Å². The Hall–Kier alpha value is -0.340. The lowest BCUT2D eigenvalue weighted by molar-refractivity contribution is 0.174. The van der Waals surface area contributed by atoms with Crippen LogP contribution in [0.4, 0.5) is 0 Å². The number of nitrogens with one attached hydrogen (secondary N) is 1. The SMILES string of the molecule is CCC1NC2C=CC(C)CC2N1CC. The quantitative estimate of drug-likeness (QED) is 0.676. The third kappa shape index (κ3) is 1.61. The minimum atomic E-state index is 0.602. The summed E-state index contributed by atoms with van der Waals surface area (Å²) in [5.41, 5.74) is 0. The van der Waals surface area contributed by atoms with Gasteiger partial charge in [0, 0.05) is 12.1 Å². The second-order valence-electron chi connectivity index (χ2n) is 4.61. The molecule has 0 bridgehead atoms. The van der Waals surface area contributed by atoms with Crippen LogP contribution in [-0.4, -0.2) is 29.7 Å². The molecule has 1 fully saturated rings. The largest absolute Gasteiger partial charge is 0.294 e. The molecule has 0 spiro atoms. The van der Waals surface area contributed by atoms with Gasteiger partial charge in [-0.3, -0.25) is 10.2 Å². The zero-order chi connectivity index (χ0) is 10.1. The second kappa shape index (κ2) is 4.03. The summed E-state index contributed by atoms with van der Waals surface area (Å²) in [6.45, 7) is 8.04. The molecule has 1 aliphatic carbocycles. The summed E-state index contributed by atoms with van der Waals surface area (Å²) >= 11 is 0. The number of fused-ring (bicyclic) bond motifs is 1. The topological polar surface area (TPSA) is 15.3 Å². The van der Waals surface area contributed by atoms with E-state index >= 15 is 0 Å². The van der Waals surface area contributed by atoms with Gasteiger partial charge in [-0.25, -0.2) is 0 Å². The van der Waals surface area contributed by atoms with Crippen molar-refractivity contribution in [1.82, 2.24) is 10.2 Å². The van der Waals surface area contributed by atoms with Crippen molar-refractivity contribution >= 4 is 0 Å². The zero-order valence-corrected chi connectivity index (χ0v) is 9.53. The molecule has 80 valence electrons. The summed E-state index contributed by atoms with van der Waals surface area (Å²) in [4.78, 5) is 2.63. The minimum absolute atomic E-state index is 0.602. The van der Waals surface area contributed by atoms with E-state index in [1.807, 2.05) is 0 Å². The van der Waals surface area contributed by atoms with Gasteiger partial charge in [0.15, 0.2) is 0 Å². The van der Waals surface area contributed by atoms with E-state index < -0.39 is 0 Å². The molecule has 0 saturated carbocycles. The lowest BCUT2D eigenvalue weighted by Gasteiger charge is -2.31. The number of hydrogen-bond acceptors (Lipinski definition) is 2. The monoisotopic (exact) mass is 194 g/mol. The molecule has 0 aromatic rings. The van der Waals surface area contributed by atoms with Crippen LogP contribution in [0.2, 0.25) is 0 Å². The highest BCUT2D eigenvalue weighted by atomic mass is 15.4. The summed E-state index contributed by atoms with van der Waals surface area (Å²) in [7, 11) is 0. The summed E-state index contributed by atoms with van der Waals surface area (Å²) < 4.78 is 0. The van der Waals surface area contributed by atoms with Crippen molar-refractivity contribution in [1.29, 1.82) is 0 Å². The molecule has 2 nitrogen and oxygen atoms in total. The van der Waals surface area contributed by atoms with Gasteiger partial charge in [0.25, 0.3) is 0 Å². The number of allylic oxidation sites excluding steroid dienone is 1. The molecule has 0 aromatic carbocycles. The molecule has 2 rings (SSSR count). The molecular weight excluding hydrogens is 172 g/mol. The Labute approximate surface area is 87.4 Å². The van der Waals surface area contributed by atoms with E-state index in [1.54, 1.807) is 0 Å². The van der Waals surface area contributed by atoms with Gasteiger partial charge in [0.05, 0.1) is 6.17 Å². The van der Waals surface area contributed by atoms with Crippen molar-refractivity contribution in [2.45, 2.75) is 51.9 Å². The maximum Gasteiger partial charge on any atom is 0.0602 e. The van der Waals surface area contributed by atoms with Crippen molar-refractivity contribution in [3.8, 4) is 0 Å². The fraction of sp³-hybridized carbons (Fsp3) is 0.833. The van der Waals surface area contributed by atoms with E-state index in [4.69, 9.17) is 0 Å². The molecule has 2 aliphatic rings. The van der Waals surface area contributed by atoms with Crippen LogP contribution in [0.25, 0.3) is 0 Å². The fourth-order valence-electron chi connectivity index (χ4n) is 2.91. The maximum atomic E-state index is 3.70. The van der Waals surface area contributed by atoms with E-state index in [1.165, 1.54) is 19.4 Å². The Balaban J connectivity index is 2.12. The van der Waals surface area contributed by atoms with Crippen LogP contribution in [-0.2, 0) is 0 Å². The minimum Gasteiger partial charge on any atom is -0.294 e. The normalized spacial score (nSPS) is 42.8. The fourth-order valence-corrected chi connectivity index (χ4v) is 2.91. The highest BCUT2D eigenvalue weighted by Gasteiger charge is 2.39. The van der Waals surface area contributed by atoms with Crippen LogP contribution >= 0.6 is 0 Å². The average molecular weight is 194 g/mol. The molecule has 1 heterocycles. The molecule has 1 N–H and O–H groups in total. The van der Waals surface area contributed by atoms with Crippen molar-refractivity contribution in [3.63, 3.8) is 0 Å². The lowest BCUT2D eigenvalue weighted by Crippen LogP contribution is -2.40. The maximum absolute atomic E-state index is 3.70. The molecular formula is C12H22N2. The second-order valence-corrected chi connectivity index (χ2v) is 4.61. The molecule has 0 aromatic heterocycles. The number of hydrogen-bond donors (Lipinski definition) is 1. The summed E-state index contributed by atoms with van der Waals surface area (Å²) in [5, 5.41) is 3.70. The smallest absolute Gasteiger partial charge is 0.0602 e. The van der Waals surface area contributed by atoms with E-state index in [2.05, 4.69) is 43.1 Å². The zero-order valence-electron chi connectivity index (χ0n) is 9.53. The van der Waals surface area contributed by atoms with E-state index in [0.29, 0.717) is 12.2 Å². The summed E-state index contributed by atoms with van der Waals surface area (Å²) in [6.07, 6.45) is 7.86. The number of likely N-dealkylation sites (N-methyl/N-ethyl adjacent to an activating group) is 1. The van der Waals surface area contributed by atoms with Gasteiger partial charge in [-0.1, -0.05) is 32.9 Å². The molecule has 1 saturated heterocycles. The van der Waals surface area contributed by atoms with Crippen LogP contribution in [0, 0.1) is 5.92 Å². The van der Waals surface area contributed by atoms with Gasteiger partial charge >= 0.3 is 0 Å². The lowest BCUT2D eigenvalue weighted by atomic mass is 9.90. The Kier molecular flexibility index (Phi) is 2.93. The van der Waals surface area contributed by atoms with Crippen LogP contribution in [0.15, 0.2) is 12.2 Å². The highest BCUT2D eigenvalue weighted by Crippen LogP contribution is 2.29. The molecule has 14 heavy (non-hydrogen) atoms. The highest BCUT2D eigenvalue weighted by molar-refractivity contribution is 5.12. The first-order valence-corrected chi connectivity index (χ1v) is 5.96. The first-order valence-electron chi connectivity index (χ1n) is 5.96. The molecule has 0 amide bonds. The third-order valence-electron chi connectivity index (χ3n) is 3.64. The van der Waals surface area contributed by atoms with Gasteiger partial charge in [0.1, 0.15) is 0 Å². The first-order chi connectivity index (χ1) is 6.76. The average Bonchev–Trinajstić information content (AvgIpc) is 2.54. The predicted octanol–water partition coefficient (Wildman–Crippen LogP) is 1.98. The van der Waals surface area contributed by atoms with Crippen LogP contribution < -0.4 is 5.32 Å². The number of rotatable bonds is 2. The van der Waals surface area contributed by atoms with Gasteiger partial charge in [-0.2, -0.15) is 0 Å². The molecule has 0 radical (unpaired) electrons. The third-order valence-corrected chi connectivity index (χ3v) is 3.64. The van der Waals surface area contributed by atoms with E-state index in [-0.39, 0.29) is 0 Å². The molecule has 4 atom stereocenters. The van der Waals surface area contributed by atoms with Gasteiger partial charge in [-0.05, 0) is 25.3 Å². The first kappa shape index (κ1) is 10.2. The summed E-state index contributed by atoms with van der Waals surface area (Å²) in [5.74, 6) is 0.753. The van der Waals surface area contributed by atoms with Gasteiger partial charge in [0.2, 0.25) is 0 Å². The van der Waals surface area contributed by atoms with Crippen LogP contribution in [0.5, 0.6) is 0 Å². The Bertz CT molecular complexity index is 224. The Morgan fingerprint density at radius 3 is 2.79 bits per heavy atom. The Morgan fingerprint density at radius 2 is 2.14 bits per heavy atom. The van der Waals surface area contributed by atoms with Crippen molar-refractivity contribution in [3.05, 3.63) is 12.2 Å². The Morgan fingerprint density at radius 1 is 1.36 bits per heavy atom. The molecule has 1 aliphatic heterocycles.